The Bertz CT molecular complexity index is 613. The number of nitrogens with zero attached hydrogens (tertiary/aromatic N) is 1. The molecule has 2 aromatic rings. The molecule has 0 saturated carbocycles. The molecule has 104 valence electrons. The van der Waals surface area contributed by atoms with Crippen molar-refractivity contribution in [2.24, 2.45) is 0 Å². The summed E-state index contributed by atoms with van der Waals surface area (Å²) in [6.45, 7) is 2.83. The van der Waals surface area contributed by atoms with E-state index in [9.17, 15) is 9.18 Å². The van der Waals surface area contributed by atoms with Crippen molar-refractivity contribution in [3.8, 4) is 0 Å². The van der Waals surface area contributed by atoms with E-state index in [4.69, 9.17) is 5.73 Å². The van der Waals surface area contributed by atoms with Crippen LogP contribution in [0.4, 0.5) is 10.1 Å². The number of para-hydroxylation sites is 1. The third-order valence-corrected chi connectivity index (χ3v) is 3.16. The topological polar surface area (TPSA) is 46.3 Å². The van der Waals surface area contributed by atoms with E-state index in [0.29, 0.717) is 24.3 Å². The summed E-state index contributed by atoms with van der Waals surface area (Å²) in [7, 11) is 0. The van der Waals surface area contributed by atoms with Crippen LogP contribution >= 0.6 is 0 Å². The molecule has 0 bridgehead atoms. The maximum absolute atomic E-state index is 13.2. The summed E-state index contributed by atoms with van der Waals surface area (Å²) in [6, 6.07) is 13.1. The van der Waals surface area contributed by atoms with Gasteiger partial charge in [-0.05, 0) is 36.8 Å². The van der Waals surface area contributed by atoms with Crippen LogP contribution in [0.25, 0.3) is 0 Å². The van der Waals surface area contributed by atoms with Crippen LogP contribution in [0, 0.1) is 5.82 Å². The third kappa shape index (κ3) is 3.15. The minimum atomic E-state index is -0.411. The lowest BCUT2D eigenvalue weighted by Gasteiger charge is -2.22. The average molecular weight is 272 g/mol. The number of nitrogens with two attached hydrogens (primary N) is 1. The highest BCUT2D eigenvalue weighted by Crippen LogP contribution is 2.15. The third-order valence-electron chi connectivity index (χ3n) is 3.16. The van der Waals surface area contributed by atoms with Crippen molar-refractivity contribution in [1.29, 1.82) is 0 Å². The predicted molar refractivity (Wildman–Crippen MR) is 77.7 cm³/mol. The molecule has 0 aliphatic rings. The van der Waals surface area contributed by atoms with Crippen LogP contribution in [-0.4, -0.2) is 17.4 Å². The number of halogens is 1. The average Bonchev–Trinajstić information content (AvgIpc) is 2.46. The second kappa shape index (κ2) is 6.19. The highest BCUT2D eigenvalue weighted by atomic mass is 19.1. The molecule has 0 fully saturated rings. The first-order valence-corrected chi connectivity index (χ1v) is 6.50. The number of carbonyl (C=O) groups is 1. The fourth-order valence-corrected chi connectivity index (χ4v) is 2.02. The fourth-order valence-electron chi connectivity index (χ4n) is 2.02. The Labute approximate surface area is 117 Å². The predicted octanol–water partition coefficient (Wildman–Crippen LogP) is 3.07. The molecule has 0 aromatic heterocycles. The highest BCUT2D eigenvalue weighted by Gasteiger charge is 2.15. The summed E-state index contributed by atoms with van der Waals surface area (Å²) in [4.78, 5) is 14.0. The van der Waals surface area contributed by atoms with E-state index >= 15 is 0 Å². The number of rotatable bonds is 4. The molecule has 0 unspecified atom stereocenters. The van der Waals surface area contributed by atoms with E-state index in [-0.39, 0.29) is 5.91 Å². The molecule has 1 amide bonds. The molecule has 0 saturated heterocycles. The molecule has 2 aromatic carbocycles. The van der Waals surface area contributed by atoms with Gasteiger partial charge in [-0.3, -0.25) is 4.79 Å². The van der Waals surface area contributed by atoms with Crippen molar-refractivity contribution in [2.75, 3.05) is 12.3 Å². The van der Waals surface area contributed by atoms with Gasteiger partial charge in [0.1, 0.15) is 5.82 Å². The Balaban J connectivity index is 2.20. The lowest BCUT2D eigenvalue weighted by Crippen LogP contribution is -2.30. The largest absolute Gasteiger partial charge is 0.398 e. The van der Waals surface area contributed by atoms with Gasteiger partial charge in [-0.1, -0.05) is 24.3 Å². The Morgan fingerprint density at radius 1 is 1.20 bits per heavy atom. The lowest BCUT2D eigenvalue weighted by molar-refractivity contribution is 0.0752. The molecule has 2 N–H and O–H groups in total. The van der Waals surface area contributed by atoms with Crippen molar-refractivity contribution in [2.45, 2.75) is 13.5 Å². The van der Waals surface area contributed by atoms with Crippen molar-refractivity contribution in [3.05, 3.63) is 65.5 Å². The summed E-state index contributed by atoms with van der Waals surface area (Å²) in [5.74, 6) is -0.610. The molecular formula is C16H17FN2O. The van der Waals surface area contributed by atoms with Gasteiger partial charge in [0.15, 0.2) is 0 Å². The Morgan fingerprint density at radius 3 is 2.60 bits per heavy atom. The number of carbonyl (C=O) groups excluding carboxylic acids is 1. The number of hydrogen-bond acceptors (Lipinski definition) is 2. The zero-order chi connectivity index (χ0) is 14.5. The van der Waals surface area contributed by atoms with Crippen LogP contribution in [0.2, 0.25) is 0 Å². The monoisotopic (exact) mass is 272 g/mol. The van der Waals surface area contributed by atoms with Crippen LogP contribution < -0.4 is 5.73 Å². The lowest BCUT2D eigenvalue weighted by atomic mass is 10.1. The van der Waals surface area contributed by atoms with Gasteiger partial charge < -0.3 is 10.6 Å². The molecule has 0 spiro atoms. The molecule has 3 nitrogen and oxygen atoms in total. The number of amides is 1. The minimum absolute atomic E-state index is 0.199. The first-order chi connectivity index (χ1) is 9.61. The molecule has 20 heavy (non-hydrogen) atoms. The molecule has 0 atom stereocenters. The van der Waals surface area contributed by atoms with Gasteiger partial charge in [0.2, 0.25) is 0 Å². The van der Waals surface area contributed by atoms with E-state index in [0.717, 1.165) is 5.56 Å². The second-order valence-corrected chi connectivity index (χ2v) is 4.53. The van der Waals surface area contributed by atoms with Gasteiger partial charge in [0.25, 0.3) is 5.91 Å². The second-order valence-electron chi connectivity index (χ2n) is 4.53. The smallest absolute Gasteiger partial charge is 0.254 e. The Hall–Kier alpha value is -2.36. The van der Waals surface area contributed by atoms with Gasteiger partial charge in [0.05, 0.1) is 0 Å². The van der Waals surface area contributed by atoms with Gasteiger partial charge in [-0.25, -0.2) is 4.39 Å². The molecule has 2 rings (SSSR count). The van der Waals surface area contributed by atoms with E-state index in [2.05, 4.69) is 0 Å². The zero-order valence-corrected chi connectivity index (χ0v) is 11.3. The quantitative estimate of drug-likeness (QED) is 0.869. The van der Waals surface area contributed by atoms with E-state index in [1.165, 1.54) is 18.2 Å². The zero-order valence-electron chi connectivity index (χ0n) is 11.3. The minimum Gasteiger partial charge on any atom is -0.398 e. The van der Waals surface area contributed by atoms with E-state index in [1.807, 2.05) is 25.1 Å². The summed E-state index contributed by atoms with van der Waals surface area (Å²) < 4.78 is 13.2. The first kappa shape index (κ1) is 14.1. The standard InChI is InChI=1S/C16H17FN2O/c1-2-19(11-13-6-3-4-9-15(13)18)16(20)12-7-5-8-14(17)10-12/h3-10H,2,11,18H2,1H3. The van der Waals surface area contributed by atoms with Crippen LogP contribution in [0.3, 0.4) is 0 Å². The maximum Gasteiger partial charge on any atom is 0.254 e. The SMILES string of the molecule is CCN(Cc1ccccc1N)C(=O)c1cccc(F)c1. The summed E-state index contributed by atoms with van der Waals surface area (Å²) in [5, 5.41) is 0. The Kier molecular flexibility index (Phi) is 4.35. The van der Waals surface area contributed by atoms with E-state index < -0.39 is 5.82 Å². The Morgan fingerprint density at radius 2 is 1.95 bits per heavy atom. The van der Waals surface area contributed by atoms with Crippen molar-refractivity contribution < 1.29 is 9.18 Å². The normalized spacial score (nSPS) is 10.3. The number of nitrogen functional groups attached to an aromatic ring is 1. The summed E-state index contributed by atoms with van der Waals surface area (Å²) in [6.07, 6.45) is 0. The van der Waals surface area contributed by atoms with Gasteiger partial charge >= 0.3 is 0 Å². The first-order valence-electron chi connectivity index (χ1n) is 6.50. The number of anilines is 1. The van der Waals surface area contributed by atoms with Gasteiger partial charge in [-0.15, -0.1) is 0 Å². The van der Waals surface area contributed by atoms with Crippen LogP contribution in [0.1, 0.15) is 22.8 Å². The van der Waals surface area contributed by atoms with Crippen molar-refractivity contribution in [3.63, 3.8) is 0 Å². The van der Waals surface area contributed by atoms with Crippen LogP contribution in [-0.2, 0) is 6.54 Å². The molecule has 0 radical (unpaired) electrons. The van der Waals surface area contributed by atoms with Crippen LogP contribution in [0.15, 0.2) is 48.5 Å². The van der Waals surface area contributed by atoms with Crippen LogP contribution in [0.5, 0.6) is 0 Å². The van der Waals surface area contributed by atoms with Gasteiger partial charge in [-0.2, -0.15) is 0 Å². The molecule has 0 heterocycles. The number of benzene rings is 2. The maximum atomic E-state index is 13.2. The number of hydrogen-bond donors (Lipinski definition) is 1. The van der Waals surface area contributed by atoms with Crippen molar-refractivity contribution >= 4 is 11.6 Å². The molecular weight excluding hydrogens is 255 g/mol. The van der Waals surface area contributed by atoms with Gasteiger partial charge in [0, 0.05) is 24.3 Å². The molecule has 4 heteroatoms. The van der Waals surface area contributed by atoms with E-state index in [1.54, 1.807) is 17.0 Å². The molecule has 0 aliphatic carbocycles. The van der Waals surface area contributed by atoms with Crippen molar-refractivity contribution in [1.82, 2.24) is 4.90 Å². The fraction of sp³-hybridized carbons (Fsp3) is 0.188. The summed E-state index contributed by atoms with van der Waals surface area (Å²) >= 11 is 0. The molecule has 0 aliphatic heterocycles. The highest BCUT2D eigenvalue weighted by molar-refractivity contribution is 5.94. The summed E-state index contributed by atoms with van der Waals surface area (Å²) in [5.41, 5.74) is 7.78.